The zero-order chi connectivity index (χ0) is 33.1. The maximum atomic E-state index is 11.1. The van der Waals surface area contributed by atoms with E-state index in [1.165, 1.54) is 226 Å². The molecule has 3 atom stereocenters. The van der Waals surface area contributed by atoms with Gasteiger partial charge in [0.2, 0.25) is 0 Å². The second-order valence-corrected chi connectivity index (χ2v) is 18.3. The van der Waals surface area contributed by atoms with Gasteiger partial charge in [-0.1, -0.05) is 221 Å². The molecule has 0 radical (unpaired) electrons. The molecular weight excluding hydrogens is 584 g/mol. The van der Waals surface area contributed by atoms with Crippen LogP contribution in [0.25, 0.3) is 0 Å². The Bertz CT molecular complexity index is 552. The van der Waals surface area contributed by atoms with E-state index in [4.69, 9.17) is 0 Å². The number of rotatable bonds is 38. The standard InChI is InChI=1S/C41H87NOP2/c1-6-8-10-12-14-16-18-20-22-24-26-28-30-32-34-36-38-44-40(42(3,4)5)41(43)45-39-37-35-33-31-29-27-25-23-21-19-17-15-13-11-9-7-2/h40-41,43,45H,6-39H2,1-5H3. The predicted octanol–water partition coefficient (Wildman–Crippen LogP) is 14.5. The van der Waals surface area contributed by atoms with Crippen molar-refractivity contribution in [3.8, 4) is 0 Å². The summed E-state index contributed by atoms with van der Waals surface area (Å²) in [7, 11) is 9.04. The second kappa shape index (κ2) is 36.1. The summed E-state index contributed by atoms with van der Waals surface area (Å²) in [5.41, 5.74) is 0. The van der Waals surface area contributed by atoms with E-state index < -0.39 is 0 Å². The largest absolute Gasteiger partial charge is 0.471 e. The van der Waals surface area contributed by atoms with Gasteiger partial charge in [0.1, 0.15) is 0 Å². The normalized spacial score (nSPS) is 14.0. The van der Waals surface area contributed by atoms with Crippen LogP contribution in [-0.2, 0) is 0 Å². The van der Waals surface area contributed by atoms with Gasteiger partial charge in [0.15, 0.2) is 0 Å². The molecule has 0 heterocycles. The molecule has 0 aliphatic carbocycles. The van der Waals surface area contributed by atoms with Crippen molar-refractivity contribution in [2.45, 2.75) is 231 Å². The first kappa shape index (κ1) is 45.8. The van der Waals surface area contributed by atoms with Gasteiger partial charge in [-0.05, 0) is 18.4 Å². The minimum absolute atomic E-state index is 0.121. The number of hydrogen-bond acceptors (Lipinski definition) is 1. The Morgan fingerprint density at radius 2 is 0.689 bits per heavy atom. The van der Waals surface area contributed by atoms with Crippen molar-refractivity contribution in [1.29, 1.82) is 0 Å². The van der Waals surface area contributed by atoms with Crippen LogP contribution in [0.15, 0.2) is 0 Å². The lowest BCUT2D eigenvalue weighted by Crippen LogP contribution is -2.47. The number of hydrogen-bond donors (Lipinski definition) is 1. The van der Waals surface area contributed by atoms with Crippen LogP contribution in [0.1, 0.15) is 219 Å². The van der Waals surface area contributed by atoms with Gasteiger partial charge in [-0.3, -0.25) is 0 Å². The highest BCUT2D eigenvalue weighted by molar-refractivity contribution is 7.43. The van der Waals surface area contributed by atoms with Crippen molar-refractivity contribution in [1.82, 2.24) is 0 Å². The first-order valence-corrected chi connectivity index (χ1v) is 23.3. The molecule has 2 nitrogen and oxygen atoms in total. The third-order valence-corrected chi connectivity index (χ3v) is 13.4. The average molecular weight is 672 g/mol. The highest BCUT2D eigenvalue weighted by Gasteiger charge is 2.22. The minimum Gasteiger partial charge on any atom is -0.471 e. The molecule has 45 heavy (non-hydrogen) atoms. The van der Waals surface area contributed by atoms with Gasteiger partial charge in [-0.15, -0.1) is 0 Å². The van der Waals surface area contributed by atoms with Crippen molar-refractivity contribution in [3.05, 3.63) is 0 Å². The third kappa shape index (κ3) is 34.4. The molecule has 0 bridgehead atoms. The first-order chi connectivity index (χ1) is 21.9. The molecule has 0 saturated heterocycles. The summed E-state index contributed by atoms with van der Waals surface area (Å²) >= 11 is 0. The Kier molecular flexibility index (Phi) is 36.7. The van der Waals surface area contributed by atoms with Crippen molar-refractivity contribution in [2.24, 2.45) is 0 Å². The molecule has 0 aromatic carbocycles. The fourth-order valence-electron chi connectivity index (χ4n) is 6.68. The van der Waals surface area contributed by atoms with Crippen molar-refractivity contribution < 1.29 is 9.59 Å². The lowest BCUT2D eigenvalue weighted by molar-refractivity contribution is -0.883. The van der Waals surface area contributed by atoms with E-state index in [2.05, 4.69) is 35.0 Å². The van der Waals surface area contributed by atoms with E-state index in [0.29, 0.717) is 14.4 Å². The highest BCUT2D eigenvalue weighted by atomic mass is 31.1. The summed E-state index contributed by atoms with van der Waals surface area (Å²) in [5.74, 6) is 0.254. The predicted molar refractivity (Wildman–Crippen MR) is 212 cm³/mol. The number of likely N-dealkylation sites (N-methyl/N-ethyl adjacent to an activating group) is 1. The number of unbranched alkanes of at least 4 members (excludes halogenated alkanes) is 30. The van der Waals surface area contributed by atoms with Gasteiger partial charge in [0.05, 0.1) is 27.0 Å². The van der Waals surface area contributed by atoms with Crippen LogP contribution in [-0.4, -0.2) is 54.7 Å². The number of nitrogens with zero attached hydrogens (tertiary/aromatic N) is 1. The molecule has 0 rings (SSSR count). The van der Waals surface area contributed by atoms with E-state index in [1.54, 1.807) is 0 Å². The Labute approximate surface area is 290 Å². The van der Waals surface area contributed by atoms with Gasteiger partial charge in [-0.25, -0.2) is 0 Å². The summed E-state index contributed by atoms with van der Waals surface area (Å²) in [6.45, 7) is 4.61. The number of aliphatic hydroxyl groups is 1. The molecule has 1 N–H and O–H groups in total. The molecule has 4 heteroatoms. The Morgan fingerprint density at radius 3 is 0.978 bits per heavy atom. The summed E-state index contributed by atoms with van der Waals surface area (Å²) in [6, 6.07) is 0. The second-order valence-electron chi connectivity index (χ2n) is 15.4. The molecule has 0 aromatic heterocycles. The lowest BCUT2D eigenvalue weighted by Gasteiger charge is -2.46. The van der Waals surface area contributed by atoms with Gasteiger partial charge >= 0.3 is 0 Å². The molecule has 0 amide bonds. The molecule has 0 fully saturated rings. The van der Waals surface area contributed by atoms with Crippen LogP contribution in [0.2, 0.25) is 0 Å². The Balaban J connectivity index is 3.60. The van der Waals surface area contributed by atoms with E-state index in [0.717, 1.165) is 4.48 Å². The van der Waals surface area contributed by atoms with Crippen LogP contribution in [0.3, 0.4) is 0 Å². The van der Waals surface area contributed by atoms with E-state index in [1.807, 2.05) is 0 Å². The van der Waals surface area contributed by atoms with Crippen LogP contribution in [0.4, 0.5) is 0 Å². The minimum atomic E-state index is -0.121. The lowest BCUT2D eigenvalue weighted by atomic mass is 10.0. The highest BCUT2D eigenvalue weighted by Crippen LogP contribution is 2.36. The third-order valence-electron chi connectivity index (χ3n) is 9.79. The van der Waals surface area contributed by atoms with Gasteiger partial charge in [0.25, 0.3) is 0 Å². The molecule has 3 unspecified atom stereocenters. The zero-order valence-corrected chi connectivity index (χ0v) is 33.9. The van der Waals surface area contributed by atoms with Crippen molar-refractivity contribution in [2.75, 3.05) is 33.5 Å². The van der Waals surface area contributed by atoms with E-state index in [9.17, 15) is 5.11 Å². The Morgan fingerprint density at radius 1 is 0.422 bits per heavy atom. The molecule has 0 aliphatic heterocycles. The molecule has 0 aliphatic rings. The summed E-state index contributed by atoms with van der Waals surface area (Å²) < 4.78 is 0.896. The fourth-order valence-corrected chi connectivity index (χ4v) is 10.1. The summed E-state index contributed by atoms with van der Waals surface area (Å²) in [6.07, 6.45) is 48.3. The molecular formula is C41H87NOP2. The monoisotopic (exact) mass is 672 g/mol. The SMILES string of the molecule is CCCCCCCCCCCCCCCCCC[P-]C(C(O)PCCCCCCCCCCCCCCCCCC)[N+](C)(C)C. The van der Waals surface area contributed by atoms with Gasteiger partial charge < -0.3 is 18.2 Å². The number of quaternary nitrogens is 1. The quantitative estimate of drug-likeness (QED) is 0.0393. The van der Waals surface area contributed by atoms with Crippen LogP contribution in [0, 0.1) is 0 Å². The van der Waals surface area contributed by atoms with Crippen molar-refractivity contribution >= 4 is 17.2 Å². The number of aliphatic hydroxyl groups excluding tert-OH is 1. The average Bonchev–Trinajstić information content (AvgIpc) is 3.01. The van der Waals surface area contributed by atoms with Crippen LogP contribution in [0.5, 0.6) is 0 Å². The summed E-state index contributed by atoms with van der Waals surface area (Å²) in [4.78, 5) is 0. The summed E-state index contributed by atoms with van der Waals surface area (Å²) in [5, 5.41) is 11.1. The molecule has 0 aromatic rings. The topological polar surface area (TPSA) is 20.2 Å². The van der Waals surface area contributed by atoms with E-state index >= 15 is 0 Å². The maximum absolute atomic E-state index is 11.1. The van der Waals surface area contributed by atoms with Crippen LogP contribution >= 0.6 is 17.2 Å². The molecule has 0 saturated carbocycles. The zero-order valence-electron chi connectivity index (χ0n) is 32.0. The van der Waals surface area contributed by atoms with Crippen LogP contribution < -0.4 is 0 Å². The smallest absolute Gasteiger partial charge is 0.0935 e. The van der Waals surface area contributed by atoms with E-state index in [-0.39, 0.29) is 5.85 Å². The molecule has 272 valence electrons. The maximum Gasteiger partial charge on any atom is 0.0935 e. The van der Waals surface area contributed by atoms with Gasteiger partial charge in [0, 0.05) is 0 Å². The molecule has 0 spiro atoms. The van der Waals surface area contributed by atoms with Gasteiger partial charge in [-0.2, -0.15) is 6.16 Å². The van der Waals surface area contributed by atoms with Crippen molar-refractivity contribution in [3.63, 3.8) is 0 Å². The fraction of sp³-hybridized carbons (Fsp3) is 1.00. The first-order valence-electron chi connectivity index (χ1n) is 20.8. The Hall–Kier alpha value is 0.780.